The average molecular weight is 230 g/mol. The second-order valence-corrected chi connectivity index (χ2v) is 6.07. The second-order valence-electron chi connectivity index (χ2n) is 3.84. The molecule has 0 amide bonds. The monoisotopic (exact) mass is 230 g/mol. The van der Waals surface area contributed by atoms with Gasteiger partial charge in [0.25, 0.3) is 0 Å². The summed E-state index contributed by atoms with van der Waals surface area (Å²) < 4.78 is 0. The van der Waals surface area contributed by atoms with Gasteiger partial charge in [-0.2, -0.15) is 11.8 Å². The average Bonchev–Trinajstić information content (AvgIpc) is 2.71. The van der Waals surface area contributed by atoms with Crippen LogP contribution in [0, 0.1) is 0 Å². The Hall–Kier alpha value is 0.170. The third-order valence-electron chi connectivity index (χ3n) is 2.72. The largest absolute Gasteiger partial charge is 0.361 e. The lowest BCUT2D eigenvalue weighted by Crippen LogP contribution is -2.35. The van der Waals surface area contributed by atoms with Gasteiger partial charge in [-0.1, -0.05) is 18.7 Å². The van der Waals surface area contributed by atoms with Gasteiger partial charge in [0.15, 0.2) is 5.17 Å². The van der Waals surface area contributed by atoms with Gasteiger partial charge >= 0.3 is 0 Å². The fraction of sp³-hybridized carbons (Fsp3) is 0.900. The molecule has 0 bridgehead atoms. The molecule has 0 spiro atoms. The van der Waals surface area contributed by atoms with Crippen molar-refractivity contribution in [3.8, 4) is 0 Å². The zero-order valence-electron chi connectivity index (χ0n) is 8.66. The van der Waals surface area contributed by atoms with Crippen LogP contribution in [0.15, 0.2) is 4.99 Å². The molecule has 2 heterocycles. The quantitative estimate of drug-likeness (QED) is 0.788. The first-order valence-corrected chi connectivity index (χ1v) is 7.57. The molecule has 2 nitrogen and oxygen atoms in total. The SMILES string of the molecule is CCC1CCSC(NC2CCSC2)=N1. The van der Waals surface area contributed by atoms with E-state index < -0.39 is 0 Å². The summed E-state index contributed by atoms with van der Waals surface area (Å²) in [5.74, 6) is 3.81. The van der Waals surface area contributed by atoms with Crippen LogP contribution in [0.2, 0.25) is 0 Å². The van der Waals surface area contributed by atoms with E-state index in [4.69, 9.17) is 4.99 Å². The Labute approximate surface area is 94.7 Å². The van der Waals surface area contributed by atoms with Crippen LogP contribution in [0.3, 0.4) is 0 Å². The van der Waals surface area contributed by atoms with Crippen LogP contribution in [-0.4, -0.2) is 34.5 Å². The predicted molar refractivity (Wildman–Crippen MR) is 67.5 cm³/mol. The molecular weight excluding hydrogens is 212 g/mol. The van der Waals surface area contributed by atoms with Crippen molar-refractivity contribution < 1.29 is 0 Å². The smallest absolute Gasteiger partial charge is 0.157 e. The Bertz CT molecular complexity index is 212. The minimum absolute atomic E-state index is 0.577. The zero-order valence-corrected chi connectivity index (χ0v) is 10.3. The third-order valence-corrected chi connectivity index (χ3v) is 4.82. The maximum Gasteiger partial charge on any atom is 0.157 e. The summed E-state index contributed by atoms with van der Waals surface area (Å²) in [6, 6.07) is 1.26. The minimum atomic E-state index is 0.577. The number of thioether (sulfide) groups is 2. The van der Waals surface area contributed by atoms with Gasteiger partial charge in [-0.25, -0.2) is 0 Å². The molecule has 2 unspecified atom stereocenters. The van der Waals surface area contributed by atoms with Crippen molar-refractivity contribution in [3.05, 3.63) is 0 Å². The van der Waals surface area contributed by atoms with Gasteiger partial charge < -0.3 is 5.32 Å². The van der Waals surface area contributed by atoms with Gasteiger partial charge in [0.1, 0.15) is 0 Å². The highest BCUT2D eigenvalue weighted by Gasteiger charge is 2.19. The highest BCUT2D eigenvalue weighted by Crippen LogP contribution is 2.22. The molecule has 0 aromatic heterocycles. The number of nitrogens with one attached hydrogen (secondary N) is 1. The maximum absolute atomic E-state index is 4.72. The third kappa shape index (κ3) is 2.83. The molecule has 0 radical (unpaired) electrons. The number of aliphatic imine (C=N–C) groups is 1. The van der Waals surface area contributed by atoms with Crippen LogP contribution < -0.4 is 5.32 Å². The summed E-state index contributed by atoms with van der Waals surface area (Å²) in [5.41, 5.74) is 0. The summed E-state index contributed by atoms with van der Waals surface area (Å²) in [7, 11) is 0. The molecule has 0 aromatic carbocycles. The summed E-state index contributed by atoms with van der Waals surface area (Å²) >= 11 is 3.95. The van der Waals surface area contributed by atoms with E-state index in [0.29, 0.717) is 12.1 Å². The topological polar surface area (TPSA) is 24.4 Å². The molecule has 0 aliphatic carbocycles. The van der Waals surface area contributed by atoms with E-state index >= 15 is 0 Å². The fourth-order valence-electron chi connectivity index (χ4n) is 1.76. The van der Waals surface area contributed by atoms with Crippen molar-refractivity contribution in [1.29, 1.82) is 0 Å². The lowest BCUT2D eigenvalue weighted by Gasteiger charge is -2.21. The fourth-order valence-corrected chi connectivity index (χ4v) is 3.97. The van der Waals surface area contributed by atoms with E-state index in [1.165, 1.54) is 41.7 Å². The van der Waals surface area contributed by atoms with E-state index in [2.05, 4.69) is 24.0 Å². The molecule has 1 fully saturated rings. The van der Waals surface area contributed by atoms with Crippen molar-refractivity contribution >= 4 is 28.7 Å². The Morgan fingerprint density at radius 1 is 1.43 bits per heavy atom. The van der Waals surface area contributed by atoms with Crippen molar-refractivity contribution in [2.24, 2.45) is 4.99 Å². The lowest BCUT2D eigenvalue weighted by atomic mass is 10.2. The van der Waals surface area contributed by atoms with E-state index in [9.17, 15) is 0 Å². The first-order valence-electron chi connectivity index (χ1n) is 5.43. The summed E-state index contributed by atoms with van der Waals surface area (Å²) in [5, 5.41) is 4.78. The van der Waals surface area contributed by atoms with Gasteiger partial charge in [-0.15, -0.1) is 0 Å². The number of nitrogens with zero attached hydrogens (tertiary/aromatic N) is 1. The number of amidine groups is 1. The molecule has 2 atom stereocenters. The van der Waals surface area contributed by atoms with Crippen LogP contribution in [0.4, 0.5) is 0 Å². The molecule has 1 saturated heterocycles. The standard InChI is InChI=1S/C10H18N2S2/c1-2-8-4-6-14-10(11-8)12-9-3-5-13-7-9/h8-9H,2-7H2,1H3,(H,11,12). The van der Waals surface area contributed by atoms with Crippen molar-refractivity contribution in [2.75, 3.05) is 17.3 Å². The molecule has 4 heteroatoms. The minimum Gasteiger partial charge on any atom is -0.361 e. The Morgan fingerprint density at radius 3 is 3.07 bits per heavy atom. The summed E-state index contributed by atoms with van der Waals surface area (Å²) in [4.78, 5) is 4.72. The normalized spacial score (nSPS) is 32.8. The van der Waals surface area contributed by atoms with Gasteiger partial charge in [0.05, 0.1) is 6.04 Å². The Morgan fingerprint density at radius 2 is 2.36 bits per heavy atom. The van der Waals surface area contributed by atoms with Gasteiger partial charge in [0, 0.05) is 17.5 Å². The van der Waals surface area contributed by atoms with E-state index in [-0.39, 0.29) is 0 Å². The van der Waals surface area contributed by atoms with Crippen LogP contribution in [0.25, 0.3) is 0 Å². The maximum atomic E-state index is 4.72. The van der Waals surface area contributed by atoms with Crippen LogP contribution in [0.5, 0.6) is 0 Å². The molecular formula is C10H18N2S2. The summed E-state index contributed by atoms with van der Waals surface area (Å²) in [6.07, 6.45) is 3.75. The molecule has 2 rings (SSSR count). The van der Waals surface area contributed by atoms with E-state index in [1.807, 2.05) is 11.8 Å². The molecule has 1 N–H and O–H groups in total. The van der Waals surface area contributed by atoms with Gasteiger partial charge in [-0.3, -0.25) is 4.99 Å². The van der Waals surface area contributed by atoms with Crippen LogP contribution in [0.1, 0.15) is 26.2 Å². The zero-order chi connectivity index (χ0) is 9.80. The molecule has 0 saturated carbocycles. The Kier molecular flexibility index (Phi) is 4.05. The van der Waals surface area contributed by atoms with Crippen LogP contribution in [-0.2, 0) is 0 Å². The number of hydrogen-bond donors (Lipinski definition) is 1. The van der Waals surface area contributed by atoms with Crippen molar-refractivity contribution in [1.82, 2.24) is 5.32 Å². The van der Waals surface area contributed by atoms with Crippen LogP contribution >= 0.6 is 23.5 Å². The van der Waals surface area contributed by atoms with Gasteiger partial charge in [-0.05, 0) is 25.0 Å². The molecule has 80 valence electrons. The van der Waals surface area contributed by atoms with E-state index in [1.54, 1.807) is 0 Å². The molecule has 0 aromatic rings. The van der Waals surface area contributed by atoms with Crippen molar-refractivity contribution in [3.63, 3.8) is 0 Å². The Balaban J connectivity index is 1.86. The first-order chi connectivity index (χ1) is 6.88. The highest BCUT2D eigenvalue weighted by molar-refractivity contribution is 8.13. The number of hydrogen-bond acceptors (Lipinski definition) is 4. The lowest BCUT2D eigenvalue weighted by molar-refractivity contribution is 0.618. The molecule has 14 heavy (non-hydrogen) atoms. The second kappa shape index (κ2) is 5.31. The van der Waals surface area contributed by atoms with Gasteiger partial charge in [0.2, 0.25) is 0 Å². The predicted octanol–water partition coefficient (Wildman–Crippen LogP) is 2.35. The molecule has 2 aliphatic heterocycles. The van der Waals surface area contributed by atoms with Crippen molar-refractivity contribution in [2.45, 2.75) is 38.3 Å². The highest BCUT2D eigenvalue weighted by atomic mass is 32.2. The number of rotatable bonds is 2. The first kappa shape index (κ1) is 10.7. The molecule has 2 aliphatic rings. The summed E-state index contributed by atoms with van der Waals surface area (Å²) in [6.45, 7) is 2.23. The van der Waals surface area contributed by atoms with E-state index in [0.717, 1.165) is 0 Å².